The minimum Gasteiger partial charge on any atom is -0.434 e. The van der Waals surface area contributed by atoms with Gasteiger partial charge in [-0.2, -0.15) is 13.9 Å². The fourth-order valence-electron chi connectivity index (χ4n) is 1.72. The number of benzene rings is 1. The Bertz CT molecular complexity index is 675. The maximum absolute atomic E-state index is 12.4. The molecule has 0 aliphatic rings. The number of halogens is 2. The highest BCUT2D eigenvalue weighted by atomic mass is 19.3. The van der Waals surface area contributed by atoms with Crippen LogP contribution in [0.5, 0.6) is 5.75 Å². The van der Waals surface area contributed by atoms with Crippen LogP contribution in [-0.2, 0) is 0 Å². The number of hydrogen-bond donors (Lipinski definition) is 1. The Morgan fingerprint density at radius 2 is 2.05 bits per heavy atom. The van der Waals surface area contributed by atoms with Crippen molar-refractivity contribution >= 4 is 11.6 Å². The number of nitrogens with one attached hydrogen (secondary N) is 1. The van der Waals surface area contributed by atoms with Crippen molar-refractivity contribution < 1.29 is 18.3 Å². The third-order valence-corrected chi connectivity index (χ3v) is 2.74. The summed E-state index contributed by atoms with van der Waals surface area (Å²) < 4.78 is 29.1. The van der Waals surface area contributed by atoms with E-state index in [1.54, 1.807) is 43.5 Å². The standard InChI is InChI=1S/C15H13F2N3O2/c1-10(12-6-2-3-7-13(12)22-15(16)17)19-20-14(21)11-5-4-8-18-9-11/h2-9,15H,1H3,(H,20,21)/b19-10-. The predicted octanol–water partition coefficient (Wildman–Crippen LogP) is 2.84. The van der Waals surface area contributed by atoms with E-state index in [1.165, 1.54) is 12.3 Å². The van der Waals surface area contributed by atoms with Crippen LogP contribution in [0.25, 0.3) is 0 Å². The van der Waals surface area contributed by atoms with Crippen LogP contribution in [0.3, 0.4) is 0 Å². The van der Waals surface area contributed by atoms with Crippen molar-refractivity contribution in [1.29, 1.82) is 0 Å². The average molecular weight is 305 g/mol. The molecule has 0 radical (unpaired) electrons. The van der Waals surface area contributed by atoms with Gasteiger partial charge in [0.25, 0.3) is 5.91 Å². The lowest BCUT2D eigenvalue weighted by Crippen LogP contribution is -2.19. The lowest BCUT2D eigenvalue weighted by Gasteiger charge is -2.10. The van der Waals surface area contributed by atoms with Gasteiger partial charge in [-0.1, -0.05) is 12.1 Å². The second-order valence-corrected chi connectivity index (χ2v) is 4.25. The monoisotopic (exact) mass is 305 g/mol. The first-order chi connectivity index (χ1) is 10.6. The first kappa shape index (κ1) is 15.6. The highest BCUT2D eigenvalue weighted by Crippen LogP contribution is 2.20. The molecule has 0 atom stereocenters. The van der Waals surface area contributed by atoms with Crippen LogP contribution in [-0.4, -0.2) is 23.2 Å². The maximum Gasteiger partial charge on any atom is 0.387 e. The van der Waals surface area contributed by atoms with Gasteiger partial charge in [-0.25, -0.2) is 5.43 Å². The molecule has 1 N–H and O–H groups in total. The van der Waals surface area contributed by atoms with E-state index in [0.29, 0.717) is 16.8 Å². The fourth-order valence-corrected chi connectivity index (χ4v) is 1.72. The number of alkyl halides is 2. The molecule has 2 aromatic rings. The van der Waals surface area contributed by atoms with Crippen molar-refractivity contribution in [2.45, 2.75) is 13.5 Å². The van der Waals surface area contributed by atoms with Gasteiger partial charge in [-0.05, 0) is 31.2 Å². The van der Waals surface area contributed by atoms with Crippen molar-refractivity contribution in [3.05, 3.63) is 59.9 Å². The molecule has 1 amide bonds. The topological polar surface area (TPSA) is 63.6 Å². The molecule has 0 unspecified atom stereocenters. The third kappa shape index (κ3) is 4.08. The molecular formula is C15H13F2N3O2. The molecule has 0 fully saturated rings. The van der Waals surface area contributed by atoms with Gasteiger partial charge in [0.2, 0.25) is 0 Å². The summed E-state index contributed by atoms with van der Waals surface area (Å²) in [4.78, 5) is 15.7. The second-order valence-electron chi connectivity index (χ2n) is 4.25. The summed E-state index contributed by atoms with van der Waals surface area (Å²) in [5.41, 5.74) is 3.40. The number of para-hydroxylation sites is 1. The van der Waals surface area contributed by atoms with Crippen molar-refractivity contribution in [2.24, 2.45) is 5.10 Å². The number of nitrogens with zero attached hydrogens (tertiary/aromatic N) is 2. The summed E-state index contributed by atoms with van der Waals surface area (Å²) >= 11 is 0. The van der Waals surface area contributed by atoms with Gasteiger partial charge in [0.05, 0.1) is 11.3 Å². The summed E-state index contributed by atoms with van der Waals surface area (Å²) in [7, 11) is 0. The number of hydrogen-bond acceptors (Lipinski definition) is 4. The molecule has 2 rings (SSSR count). The number of aromatic nitrogens is 1. The Balaban J connectivity index is 2.14. The molecule has 7 heteroatoms. The van der Waals surface area contributed by atoms with E-state index in [2.05, 4.69) is 20.2 Å². The number of carbonyl (C=O) groups is 1. The Morgan fingerprint density at radius 1 is 1.27 bits per heavy atom. The van der Waals surface area contributed by atoms with E-state index >= 15 is 0 Å². The first-order valence-electron chi connectivity index (χ1n) is 6.37. The van der Waals surface area contributed by atoms with Gasteiger partial charge in [0.15, 0.2) is 0 Å². The minimum atomic E-state index is -2.93. The summed E-state index contributed by atoms with van der Waals surface area (Å²) in [6.45, 7) is -1.35. The Hall–Kier alpha value is -2.83. The van der Waals surface area contributed by atoms with Crippen LogP contribution >= 0.6 is 0 Å². The summed E-state index contributed by atoms with van der Waals surface area (Å²) in [5, 5.41) is 3.90. The van der Waals surface area contributed by atoms with Gasteiger partial charge >= 0.3 is 6.61 Å². The predicted molar refractivity (Wildman–Crippen MR) is 77.0 cm³/mol. The van der Waals surface area contributed by atoms with Gasteiger partial charge in [-0.3, -0.25) is 9.78 Å². The quantitative estimate of drug-likeness (QED) is 0.682. The molecule has 5 nitrogen and oxygen atoms in total. The Labute approximate surface area is 125 Å². The van der Waals surface area contributed by atoms with E-state index in [0.717, 1.165) is 0 Å². The lowest BCUT2D eigenvalue weighted by molar-refractivity contribution is -0.0499. The molecule has 0 saturated carbocycles. The van der Waals surface area contributed by atoms with Gasteiger partial charge < -0.3 is 4.74 Å². The van der Waals surface area contributed by atoms with Crippen LogP contribution in [0, 0.1) is 0 Å². The van der Waals surface area contributed by atoms with Crippen molar-refractivity contribution in [3.8, 4) is 5.75 Å². The molecule has 0 aliphatic heterocycles. The number of amides is 1. The molecule has 1 aromatic heterocycles. The lowest BCUT2D eigenvalue weighted by atomic mass is 10.1. The smallest absolute Gasteiger partial charge is 0.387 e. The second kappa shape index (κ2) is 7.26. The number of ether oxygens (including phenoxy) is 1. The van der Waals surface area contributed by atoms with Gasteiger partial charge in [0.1, 0.15) is 5.75 Å². The van der Waals surface area contributed by atoms with Crippen molar-refractivity contribution in [2.75, 3.05) is 0 Å². The first-order valence-corrected chi connectivity index (χ1v) is 6.37. The van der Waals surface area contributed by atoms with Crippen LogP contribution in [0.1, 0.15) is 22.8 Å². The van der Waals surface area contributed by atoms with E-state index in [-0.39, 0.29) is 5.75 Å². The minimum absolute atomic E-state index is 0.00521. The van der Waals surface area contributed by atoms with E-state index < -0.39 is 12.5 Å². The van der Waals surface area contributed by atoms with Gasteiger partial charge in [-0.15, -0.1) is 0 Å². The fraction of sp³-hybridized carbons (Fsp3) is 0.133. The van der Waals surface area contributed by atoms with Crippen LogP contribution < -0.4 is 10.2 Å². The molecule has 0 saturated heterocycles. The largest absolute Gasteiger partial charge is 0.434 e. The summed E-state index contributed by atoms with van der Waals surface area (Å²) in [5.74, 6) is -0.450. The van der Waals surface area contributed by atoms with E-state index in [1.807, 2.05) is 0 Å². The van der Waals surface area contributed by atoms with Gasteiger partial charge in [0, 0.05) is 18.0 Å². The zero-order valence-electron chi connectivity index (χ0n) is 11.7. The third-order valence-electron chi connectivity index (χ3n) is 2.74. The van der Waals surface area contributed by atoms with E-state index in [4.69, 9.17) is 0 Å². The van der Waals surface area contributed by atoms with Crippen LogP contribution in [0.4, 0.5) is 8.78 Å². The molecule has 0 spiro atoms. The highest BCUT2D eigenvalue weighted by Gasteiger charge is 2.11. The van der Waals surface area contributed by atoms with Crippen molar-refractivity contribution in [3.63, 3.8) is 0 Å². The number of carbonyl (C=O) groups excluding carboxylic acids is 1. The molecule has 0 bridgehead atoms. The number of pyridine rings is 1. The molecule has 1 aromatic carbocycles. The molecule has 1 heterocycles. The summed E-state index contributed by atoms with van der Waals surface area (Å²) in [6.07, 6.45) is 2.94. The molecule has 114 valence electrons. The summed E-state index contributed by atoms with van der Waals surface area (Å²) in [6, 6.07) is 9.42. The average Bonchev–Trinajstić information content (AvgIpc) is 2.53. The number of rotatable bonds is 5. The van der Waals surface area contributed by atoms with Crippen LogP contribution in [0.2, 0.25) is 0 Å². The number of hydrazone groups is 1. The normalized spacial score (nSPS) is 11.4. The van der Waals surface area contributed by atoms with Crippen molar-refractivity contribution in [1.82, 2.24) is 10.4 Å². The Kier molecular flexibility index (Phi) is 5.13. The Morgan fingerprint density at radius 3 is 2.73 bits per heavy atom. The van der Waals surface area contributed by atoms with E-state index in [9.17, 15) is 13.6 Å². The van der Waals surface area contributed by atoms with Crippen LogP contribution in [0.15, 0.2) is 53.9 Å². The molecule has 0 aliphatic carbocycles. The highest BCUT2D eigenvalue weighted by molar-refractivity contribution is 6.02. The molecular weight excluding hydrogens is 292 g/mol. The maximum atomic E-state index is 12.4. The SMILES string of the molecule is C/C(=N/NC(=O)c1cccnc1)c1ccccc1OC(F)F. The molecule has 22 heavy (non-hydrogen) atoms. The zero-order chi connectivity index (χ0) is 15.9. The zero-order valence-corrected chi connectivity index (χ0v) is 11.7.